The second kappa shape index (κ2) is 11.7. The van der Waals surface area contributed by atoms with Gasteiger partial charge in [0.05, 0.1) is 5.69 Å². The number of carbonyl (C=O) groups is 2. The SMILES string of the molecule is CC(C)CC(=O)C(=O)Nc1ccc(-c2ccc(N3CCN(C)CC3)c(Nc3ncnc(Cl)c3N)c2F)cc1. The van der Waals surface area contributed by atoms with Crippen molar-refractivity contribution in [2.45, 2.75) is 20.3 Å². The number of halogens is 2. The number of nitrogens with one attached hydrogen (secondary N) is 2. The Labute approximate surface area is 226 Å². The molecule has 9 nitrogen and oxygen atoms in total. The lowest BCUT2D eigenvalue weighted by atomic mass is 10.0. The number of aromatic nitrogens is 2. The van der Waals surface area contributed by atoms with Crippen molar-refractivity contribution in [3.63, 3.8) is 0 Å². The van der Waals surface area contributed by atoms with E-state index in [2.05, 4.69) is 37.4 Å². The highest BCUT2D eigenvalue weighted by molar-refractivity contribution is 6.40. The molecule has 11 heteroatoms. The fourth-order valence-corrected chi connectivity index (χ4v) is 4.34. The van der Waals surface area contributed by atoms with Crippen LogP contribution < -0.4 is 21.3 Å². The summed E-state index contributed by atoms with van der Waals surface area (Å²) in [6.45, 7) is 6.90. The Bertz CT molecular complexity index is 1330. The third-order valence-electron chi connectivity index (χ3n) is 6.34. The van der Waals surface area contributed by atoms with Crippen LogP contribution in [0.5, 0.6) is 0 Å². The number of carbonyl (C=O) groups excluding carboxylic acids is 2. The lowest BCUT2D eigenvalue weighted by molar-refractivity contribution is -0.135. The number of amides is 1. The molecule has 0 spiro atoms. The largest absolute Gasteiger partial charge is 0.393 e. The molecular weight excluding hydrogens is 509 g/mol. The molecule has 1 aliphatic rings. The average molecular weight is 540 g/mol. The molecule has 200 valence electrons. The smallest absolute Gasteiger partial charge is 0.291 e. The van der Waals surface area contributed by atoms with Crippen LogP contribution in [-0.2, 0) is 9.59 Å². The molecule has 1 fully saturated rings. The third kappa shape index (κ3) is 6.20. The van der Waals surface area contributed by atoms with Gasteiger partial charge < -0.3 is 26.2 Å². The van der Waals surface area contributed by atoms with Gasteiger partial charge in [0.25, 0.3) is 5.91 Å². The predicted molar refractivity (Wildman–Crippen MR) is 149 cm³/mol. The Balaban J connectivity index is 1.65. The number of anilines is 5. The van der Waals surface area contributed by atoms with Crippen LogP contribution in [0.3, 0.4) is 0 Å². The average Bonchev–Trinajstić information content (AvgIpc) is 2.88. The van der Waals surface area contributed by atoms with Gasteiger partial charge >= 0.3 is 0 Å². The fourth-order valence-electron chi connectivity index (χ4n) is 4.21. The van der Waals surface area contributed by atoms with Gasteiger partial charge in [0.2, 0.25) is 5.78 Å². The molecule has 1 aromatic heterocycles. The summed E-state index contributed by atoms with van der Waals surface area (Å²) in [6.07, 6.45) is 1.43. The highest BCUT2D eigenvalue weighted by Gasteiger charge is 2.23. The van der Waals surface area contributed by atoms with Gasteiger partial charge in [-0.3, -0.25) is 9.59 Å². The van der Waals surface area contributed by atoms with Crippen molar-refractivity contribution in [2.75, 3.05) is 54.5 Å². The molecule has 0 unspecified atom stereocenters. The van der Waals surface area contributed by atoms with Gasteiger partial charge in [0.1, 0.15) is 17.7 Å². The van der Waals surface area contributed by atoms with Crippen molar-refractivity contribution < 1.29 is 14.0 Å². The Morgan fingerprint density at radius 3 is 2.42 bits per heavy atom. The minimum absolute atomic E-state index is 0.0738. The van der Waals surface area contributed by atoms with Crippen molar-refractivity contribution >= 4 is 51.9 Å². The van der Waals surface area contributed by atoms with E-state index in [1.165, 1.54) is 6.33 Å². The number of ketones is 1. The van der Waals surface area contributed by atoms with E-state index >= 15 is 4.39 Å². The zero-order valence-corrected chi connectivity index (χ0v) is 22.3. The second-order valence-electron chi connectivity index (χ2n) is 9.72. The van der Waals surface area contributed by atoms with Crippen molar-refractivity contribution in [3.8, 4) is 11.1 Å². The number of benzene rings is 2. The van der Waals surface area contributed by atoms with Crippen molar-refractivity contribution in [1.29, 1.82) is 0 Å². The molecule has 1 saturated heterocycles. The first-order valence-electron chi connectivity index (χ1n) is 12.4. The lowest BCUT2D eigenvalue weighted by Gasteiger charge is -2.35. The number of likely N-dealkylation sites (N-methyl/N-ethyl adjacent to an activating group) is 1. The minimum Gasteiger partial charge on any atom is -0.393 e. The van der Waals surface area contributed by atoms with Crippen LogP contribution in [0.15, 0.2) is 42.7 Å². The molecule has 4 rings (SSSR count). The molecule has 2 heterocycles. The van der Waals surface area contributed by atoms with Crippen LogP contribution in [0.1, 0.15) is 20.3 Å². The Kier molecular flexibility index (Phi) is 8.43. The molecule has 0 radical (unpaired) electrons. The van der Waals surface area contributed by atoms with E-state index in [1.54, 1.807) is 30.3 Å². The van der Waals surface area contributed by atoms with Gasteiger partial charge in [0.15, 0.2) is 16.8 Å². The molecule has 1 amide bonds. The van der Waals surface area contributed by atoms with E-state index in [9.17, 15) is 9.59 Å². The molecule has 1 aliphatic heterocycles. The van der Waals surface area contributed by atoms with Crippen molar-refractivity contribution in [2.24, 2.45) is 5.92 Å². The predicted octanol–water partition coefficient (Wildman–Crippen LogP) is 4.57. The molecule has 0 atom stereocenters. The molecule has 0 bridgehead atoms. The van der Waals surface area contributed by atoms with E-state index < -0.39 is 17.5 Å². The number of rotatable bonds is 8. The number of nitrogens with zero attached hydrogens (tertiary/aromatic N) is 4. The van der Waals surface area contributed by atoms with Crippen LogP contribution in [-0.4, -0.2) is 59.8 Å². The summed E-state index contributed by atoms with van der Waals surface area (Å²) in [6, 6.07) is 10.2. The highest BCUT2D eigenvalue weighted by atomic mass is 35.5. The Morgan fingerprint density at radius 1 is 1.08 bits per heavy atom. The van der Waals surface area contributed by atoms with Crippen LogP contribution in [0.2, 0.25) is 5.15 Å². The second-order valence-corrected chi connectivity index (χ2v) is 10.1. The standard InChI is InChI=1S/C27H31ClFN7O2/c1-16(2)14-21(37)27(38)33-18-6-4-17(5-7-18)19-8-9-20(36-12-10-35(3)11-13-36)24(22(19)29)34-26-23(30)25(28)31-15-32-26/h4-9,15-16H,10-14,30H2,1-3H3,(H,33,38)(H,31,32,34). The maximum atomic E-state index is 16.2. The van der Waals surface area contributed by atoms with Crippen LogP contribution in [0.4, 0.5) is 33.0 Å². The molecule has 0 saturated carbocycles. The number of nitrogen functional groups attached to an aromatic ring is 1. The van der Waals surface area contributed by atoms with Crippen molar-refractivity contribution in [3.05, 3.63) is 53.7 Å². The summed E-state index contributed by atoms with van der Waals surface area (Å²) >= 11 is 6.07. The van der Waals surface area contributed by atoms with Crippen molar-refractivity contribution in [1.82, 2.24) is 14.9 Å². The first-order valence-corrected chi connectivity index (χ1v) is 12.8. The third-order valence-corrected chi connectivity index (χ3v) is 6.64. The minimum atomic E-state index is -0.665. The van der Waals surface area contributed by atoms with Crippen LogP contribution in [0, 0.1) is 11.7 Å². The monoisotopic (exact) mass is 539 g/mol. The molecule has 0 aliphatic carbocycles. The quantitative estimate of drug-likeness (QED) is 0.281. The summed E-state index contributed by atoms with van der Waals surface area (Å²) in [5.74, 6) is -1.33. The van der Waals surface area contributed by atoms with Crippen LogP contribution in [0.25, 0.3) is 11.1 Å². The van der Waals surface area contributed by atoms with Gasteiger partial charge in [-0.1, -0.05) is 37.6 Å². The fraction of sp³-hybridized carbons (Fsp3) is 0.333. The van der Waals surface area contributed by atoms with E-state index in [0.29, 0.717) is 22.5 Å². The molecule has 4 N–H and O–H groups in total. The Hall–Kier alpha value is -3.76. The topological polar surface area (TPSA) is 116 Å². The van der Waals surface area contributed by atoms with Gasteiger partial charge in [0, 0.05) is 43.9 Å². The summed E-state index contributed by atoms with van der Waals surface area (Å²) in [5, 5.41) is 5.73. The number of hydrogen-bond acceptors (Lipinski definition) is 8. The highest BCUT2D eigenvalue weighted by Crippen LogP contribution is 2.39. The summed E-state index contributed by atoms with van der Waals surface area (Å²) in [7, 11) is 2.05. The van der Waals surface area contributed by atoms with E-state index in [0.717, 1.165) is 26.2 Å². The zero-order valence-electron chi connectivity index (χ0n) is 21.6. The lowest BCUT2D eigenvalue weighted by Crippen LogP contribution is -2.44. The molecule has 3 aromatic rings. The zero-order chi connectivity index (χ0) is 27.4. The van der Waals surface area contributed by atoms with E-state index in [-0.39, 0.29) is 34.7 Å². The van der Waals surface area contributed by atoms with E-state index in [4.69, 9.17) is 17.3 Å². The first kappa shape index (κ1) is 27.3. The molecule has 2 aromatic carbocycles. The number of piperazine rings is 1. The maximum absolute atomic E-state index is 16.2. The maximum Gasteiger partial charge on any atom is 0.291 e. The number of Topliss-reactive ketones (excluding diaryl/α,β-unsaturated/α-hetero) is 1. The molecule has 38 heavy (non-hydrogen) atoms. The number of nitrogens with two attached hydrogens (primary N) is 1. The van der Waals surface area contributed by atoms with Gasteiger partial charge in [-0.2, -0.15) is 0 Å². The Morgan fingerprint density at radius 2 is 1.76 bits per heavy atom. The van der Waals surface area contributed by atoms with Gasteiger partial charge in [-0.15, -0.1) is 0 Å². The summed E-state index contributed by atoms with van der Waals surface area (Å²) in [4.78, 5) is 36.5. The summed E-state index contributed by atoms with van der Waals surface area (Å²) in [5.41, 5.74) is 8.48. The molecular formula is C27H31ClFN7O2. The van der Waals surface area contributed by atoms with Crippen LogP contribution >= 0.6 is 11.6 Å². The summed E-state index contributed by atoms with van der Waals surface area (Å²) < 4.78 is 16.2. The van der Waals surface area contributed by atoms with Gasteiger partial charge in [-0.25, -0.2) is 14.4 Å². The first-order chi connectivity index (χ1) is 18.1. The van der Waals surface area contributed by atoms with E-state index in [1.807, 2.05) is 19.9 Å². The van der Waals surface area contributed by atoms with Gasteiger partial charge in [-0.05, 0) is 42.8 Å². The number of hydrogen-bond donors (Lipinski definition) is 3. The normalized spacial score (nSPS) is 14.0.